The Bertz CT molecular complexity index is 399. The Kier molecular flexibility index (Phi) is 5.31. The Morgan fingerprint density at radius 3 is 2.76 bits per heavy atom. The summed E-state index contributed by atoms with van der Waals surface area (Å²) in [5, 5.41) is 3.47. The topological polar surface area (TPSA) is 68.9 Å². The SMILES string of the molecule is COCCON=Cc1ccc(NN)c(F)c1F. The average Bonchev–Trinajstić information content (AvgIpc) is 2.34. The van der Waals surface area contributed by atoms with E-state index < -0.39 is 11.6 Å². The largest absolute Gasteiger partial charge is 0.393 e. The van der Waals surface area contributed by atoms with Crippen molar-refractivity contribution in [3.05, 3.63) is 29.3 Å². The van der Waals surface area contributed by atoms with Crippen molar-refractivity contribution < 1.29 is 18.4 Å². The highest BCUT2D eigenvalue weighted by molar-refractivity contribution is 5.80. The summed E-state index contributed by atoms with van der Waals surface area (Å²) in [5.74, 6) is 2.89. The van der Waals surface area contributed by atoms with E-state index >= 15 is 0 Å². The van der Waals surface area contributed by atoms with E-state index in [1.807, 2.05) is 5.43 Å². The molecule has 0 aromatic heterocycles. The number of methoxy groups -OCH3 is 1. The third-order valence-corrected chi connectivity index (χ3v) is 1.91. The number of ether oxygens (including phenoxy) is 1. The smallest absolute Gasteiger partial charge is 0.183 e. The summed E-state index contributed by atoms with van der Waals surface area (Å²) in [6.45, 7) is 0.601. The molecular weight excluding hydrogens is 232 g/mol. The van der Waals surface area contributed by atoms with E-state index in [-0.39, 0.29) is 17.9 Å². The normalized spacial score (nSPS) is 10.8. The molecule has 7 heteroatoms. The number of nitrogens with two attached hydrogens (primary N) is 1. The van der Waals surface area contributed by atoms with Gasteiger partial charge in [0, 0.05) is 12.7 Å². The van der Waals surface area contributed by atoms with Crippen LogP contribution < -0.4 is 11.3 Å². The lowest BCUT2D eigenvalue weighted by atomic mass is 10.2. The number of nitrogen functional groups attached to an aromatic ring is 1. The Balaban J connectivity index is 2.69. The van der Waals surface area contributed by atoms with Crippen LogP contribution in [0.1, 0.15) is 5.56 Å². The van der Waals surface area contributed by atoms with Gasteiger partial charge in [0.1, 0.15) is 6.61 Å². The monoisotopic (exact) mass is 245 g/mol. The first-order valence-electron chi connectivity index (χ1n) is 4.79. The molecule has 0 aliphatic rings. The van der Waals surface area contributed by atoms with Crippen molar-refractivity contribution in [1.29, 1.82) is 0 Å². The van der Waals surface area contributed by atoms with Gasteiger partial charge in [0.25, 0.3) is 0 Å². The van der Waals surface area contributed by atoms with Crippen LogP contribution in [0, 0.1) is 11.6 Å². The number of anilines is 1. The molecule has 0 amide bonds. The molecule has 1 rings (SSSR count). The van der Waals surface area contributed by atoms with Gasteiger partial charge in [-0.15, -0.1) is 0 Å². The van der Waals surface area contributed by atoms with E-state index in [9.17, 15) is 8.78 Å². The summed E-state index contributed by atoms with van der Waals surface area (Å²) in [6.07, 6.45) is 1.08. The number of oxime groups is 1. The molecule has 3 N–H and O–H groups in total. The van der Waals surface area contributed by atoms with E-state index in [2.05, 4.69) is 5.16 Å². The predicted octanol–water partition coefficient (Wildman–Crippen LogP) is 1.25. The molecular formula is C10H13F2N3O2. The van der Waals surface area contributed by atoms with Crippen LogP contribution in [0.3, 0.4) is 0 Å². The second-order valence-corrected chi connectivity index (χ2v) is 3.04. The number of nitrogens with zero attached hydrogens (tertiary/aromatic N) is 1. The highest BCUT2D eigenvalue weighted by atomic mass is 19.2. The molecule has 1 aromatic carbocycles. The van der Waals surface area contributed by atoms with E-state index in [1.54, 1.807) is 0 Å². The van der Waals surface area contributed by atoms with Gasteiger partial charge in [-0.3, -0.25) is 5.84 Å². The number of rotatable bonds is 6. The van der Waals surface area contributed by atoms with Gasteiger partial charge in [-0.25, -0.2) is 8.78 Å². The van der Waals surface area contributed by atoms with Crippen molar-refractivity contribution in [1.82, 2.24) is 0 Å². The minimum atomic E-state index is -1.06. The van der Waals surface area contributed by atoms with Gasteiger partial charge in [0.15, 0.2) is 11.6 Å². The zero-order valence-corrected chi connectivity index (χ0v) is 9.24. The lowest BCUT2D eigenvalue weighted by Gasteiger charge is -2.04. The third kappa shape index (κ3) is 3.65. The molecule has 0 aliphatic heterocycles. The van der Waals surface area contributed by atoms with Crippen molar-refractivity contribution in [3.63, 3.8) is 0 Å². The van der Waals surface area contributed by atoms with Gasteiger partial charge in [-0.05, 0) is 12.1 Å². The zero-order chi connectivity index (χ0) is 12.7. The first-order valence-corrected chi connectivity index (χ1v) is 4.79. The molecule has 17 heavy (non-hydrogen) atoms. The van der Waals surface area contributed by atoms with Crippen LogP contribution >= 0.6 is 0 Å². The van der Waals surface area contributed by atoms with E-state index in [0.29, 0.717) is 6.61 Å². The number of nitrogens with one attached hydrogen (secondary N) is 1. The molecule has 0 saturated carbocycles. The maximum absolute atomic E-state index is 13.4. The number of hydrogen-bond donors (Lipinski definition) is 2. The van der Waals surface area contributed by atoms with Gasteiger partial charge >= 0.3 is 0 Å². The number of hydrogen-bond acceptors (Lipinski definition) is 5. The van der Waals surface area contributed by atoms with Gasteiger partial charge in [-0.1, -0.05) is 5.16 Å². The van der Waals surface area contributed by atoms with Crippen LogP contribution in [0.4, 0.5) is 14.5 Å². The molecule has 0 spiro atoms. The minimum absolute atomic E-state index is 0.0288. The number of halogens is 2. The average molecular weight is 245 g/mol. The highest BCUT2D eigenvalue weighted by Gasteiger charge is 2.11. The maximum atomic E-state index is 13.4. The van der Waals surface area contributed by atoms with E-state index in [0.717, 1.165) is 6.21 Å². The summed E-state index contributed by atoms with van der Waals surface area (Å²) in [5.41, 5.74) is 1.89. The zero-order valence-electron chi connectivity index (χ0n) is 9.24. The number of benzene rings is 1. The maximum Gasteiger partial charge on any atom is 0.183 e. The molecule has 0 unspecified atom stereocenters. The molecule has 1 aromatic rings. The predicted molar refractivity (Wildman–Crippen MR) is 59.6 cm³/mol. The van der Waals surface area contributed by atoms with Gasteiger partial charge < -0.3 is 15.0 Å². The van der Waals surface area contributed by atoms with Gasteiger partial charge in [-0.2, -0.15) is 0 Å². The molecule has 0 fully saturated rings. The molecule has 0 atom stereocenters. The van der Waals surface area contributed by atoms with Crippen LogP contribution in [0.25, 0.3) is 0 Å². The summed E-state index contributed by atoms with van der Waals surface area (Å²) >= 11 is 0. The summed E-state index contributed by atoms with van der Waals surface area (Å²) < 4.78 is 31.3. The van der Waals surface area contributed by atoms with Crippen LogP contribution in [0.2, 0.25) is 0 Å². The Morgan fingerprint density at radius 1 is 1.35 bits per heavy atom. The molecule has 0 saturated heterocycles. The van der Waals surface area contributed by atoms with Gasteiger partial charge in [0.05, 0.1) is 18.5 Å². The standard InChI is InChI=1S/C10H13F2N3O2/c1-16-4-5-17-14-6-7-2-3-8(15-13)10(12)9(7)11/h2-3,6,15H,4-5,13H2,1H3. The lowest BCUT2D eigenvalue weighted by molar-refractivity contribution is 0.0759. The second kappa shape index (κ2) is 6.77. The van der Waals surface area contributed by atoms with Crippen molar-refractivity contribution in [2.45, 2.75) is 0 Å². The van der Waals surface area contributed by atoms with Crippen molar-refractivity contribution in [2.24, 2.45) is 11.0 Å². The van der Waals surface area contributed by atoms with E-state index in [1.165, 1.54) is 19.2 Å². The summed E-state index contributed by atoms with van der Waals surface area (Å²) in [4.78, 5) is 4.74. The van der Waals surface area contributed by atoms with Crippen molar-refractivity contribution in [3.8, 4) is 0 Å². The first kappa shape index (κ1) is 13.3. The lowest BCUT2D eigenvalue weighted by Crippen LogP contribution is -2.10. The van der Waals surface area contributed by atoms with Crippen LogP contribution in [-0.2, 0) is 9.57 Å². The Labute approximate surface area is 97.2 Å². The molecule has 0 aliphatic carbocycles. The fourth-order valence-electron chi connectivity index (χ4n) is 1.04. The fourth-order valence-corrected chi connectivity index (χ4v) is 1.04. The second-order valence-electron chi connectivity index (χ2n) is 3.04. The van der Waals surface area contributed by atoms with Crippen LogP contribution in [0.15, 0.2) is 17.3 Å². The third-order valence-electron chi connectivity index (χ3n) is 1.91. The molecule has 5 nitrogen and oxygen atoms in total. The van der Waals surface area contributed by atoms with Crippen molar-refractivity contribution >= 4 is 11.9 Å². The molecule has 0 bridgehead atoms. The molecule has 0 heterocycles. The van der Waals surface area contributed by atoms with E-state index in [4.69, 9.17) is 15.4 Å². The van der Waals surface area contributed by atoms with Crippen LogP contribution in [0.5, 0.6) is 0 Å². The van der Waals surface area contributed by atoms with Gasteiger partial charge in [0.2, 0.25) is 0 Å². The Hall–Kier alpha value is -1.73. The summed E-state index contributed by atoms with van der Waals surface area (Å²) in [6, 6.07) is 2.63. The minimum Gasteiger partial charge on any atom is -0.393 e. The highest BCUT2D eigenvalue weighted by Crippen LogP contribution is 2.18. The first-order chi connectivity index (χ1) is 8.20. The molecule has 94 valence electrons. The Morgan fingerprint density at radius 2 is 2.12 bits per heavy atom. The quantitative estimate of drug-likeness (QED) is 0.342. The van der Waals surface area contributed by atoms with Crippen LogP contribution in [-0.4, -0.2) is 26.5 Å². The molecule has 0 radical (unpaired) electrons. The fraction of sp³-hybridized carbons (Fsp3) is 0.300. The van der Waals surface area contributed by atoms with Crippen molar-refractivity contribution in [2.75, 3.05) is 25.7 Å². The summed E-state index contributed by atoms with van der Waals surface area (Å²) in [7, 11) is 1.51. The number of hydrazine groups is 1.